The van der Waals surface area contributed by atoms with Gasteiger partial charge >= 0.3 is 0 Å². The summed E-state index contributed by atoms with van der Waals surface area (Å²) < 4.78 is 52.3. The molecule has 2 saturated heterocycles. The lowest BCUT2D eigenvalue weighted by molar-refractivity contribution is 0.144. The van der Waals surface area contributed by atoms with Crippen LogP contribution in [0.3, 0.4) is 0 Å². The van der Waals surface area contributed by atoms with Gasteiger partial charge in [0.15, 0.2) is 15.5 Å². The van der Waals surface area contributed by atoms with E-state index >= 15 is 0 Å². The minimum atomic E-state index is -3.01. The number of hydrogen-bond donors (Lipinski definition) is 0. The molecule has 2 unspecified atom stereocenters. The Morgan fingerprint density at radius 3 is 2.74 bits per heavy atom. The summed E-state index contributed by atoms with van der Waals surface area (Å²) in [4.78, 5) is 15.0. The number of hydrogen-bond acceptors (Lipinski definition) is 7. The number of halogens is 2. The van der Waals surface area contributed by atoms with Gasteiger partial charge < -0.3 is 4.90 Å². The molecule has 5 rings (SSSR count). The summed E-state index contributed by atoms with van der Waals surface area (Å²) in [6.07, 6.45) is 3.55. The Labute approximate surface area is 178 Å². The van der Waals surface area contributed by atoms with Crippen LogP contribution in [0, 0.1) is 5.92 Å². The van der Waals surface area contributed by atoms with Crippen molar-refractivity contribution >= 4 is 21.3 Å². The standard InChI is InChI=1S/C20H22F2N6O2S/c21-20(22)14-5-6-18-23-10-16(28(18)26-14)15-9-19(25-12-24-15)27-7-1-3-13(11-27)17-4-2-8-31(17,29)30/h5-6,9-10,12-13,17,20H,1-4,7-8,11H2. The average Bonchev–Trinajstić information content (AvgIpc) is 3.36. The number of sulfone groups is 1. The molecule has 0 saturated carbocycles. The summed E-state index contributed by atoms with van der Waals surface area (Å²) >= 11 is 0. The third-order valence-corrected chi connectivity index (χ3v) is 8.61. The van der Waals surface area contributed by atoms with Gasteiger partial charge in [-0.2, -0.15) is 5.10 Å². The highest BCUT2D eigenvalue weighted by atomic mass is 32.2. The Morgan fingerprint density at radius 2 is 1.97 bits per heavy atom. The lowest BCUT2D eigenvalue weighted by atomic mass is 9.92. The van der Waals surface area contributed by atoms with Gasteiger partial charge in [-0.3, -0.25) is 0 Å². The summed E-state index contributed by atoms with van der Waals surface area (Å²) in [5.41, 5.74) is 1.13. The molecule has 0 N–H and O–H groups in total. The van der Waals surface area contributed by atoms with Gasteiger partial charge in [0.2, 0.25) is 0 Å². The highest BCUT2D eigenvalue weighted by molar-refractivity contribution is 7.92. The van der Waals surface area contributed by atoms with Gasteiger partial charge in [0.25, 0.3) is 6.43 Å². The molecule has 2 aliphatic rings. The van der Waals surface area contributed by atoms with Crippen LogP contribution in [-0.2, 0) is 9.84 Å². The number of nitrogens with zero attached hydrogens (tertiary/aromatic N) is 6. The number of fused-ring (bicyclic) bond motifs is 1. The van der Waals surface area contributed by atoms with Gasteiger partial charge in [-0.15, -0.1) is 0 Å². The van der Waals surface area contributed by atoms with Crippen molar-refractivity contribution < 1.29 is 17.2 Å². The minimum Gasteiger partial charge on any atom is -0.356 e. The number of rotatable bonds is 4. The molecule has 2 atom stereocenters. The van der Waals surface area contributed by atoms with E-state index in [2.05, 4.69) is 25.0 Å². The highest BCUT2D eigenvalue weighted by Crippen LogP contribution is 2.34. The molecule has 0 aromatic carbocycles. The largest absolute Gasteiger partial charge is 0.356 e. The second-order valence-corrected chi connectivity index (χ2v) is 10.5. The Morgan fingerprint density at radius 1 is 1.10 bits per heavy atom. The van der Waals surface area contributed by atoms with E-state index in [0.717, 1.165) is 32.2 Å². The van der Waals surface area contributed by atoms with Crippen LogP contribution in [0.2, 0.25) is 0 Å². The Balaban J connectivity index is 1.44. The molecule has 2 fully saturated rings. The topological polar surface area (TPSA) is 93.4 Å². The molecule has 3 aromatic heterocycles. The van der Waals surface area contributed by atoms with E-state index < -0.39 is 16.3 Å². The first kappa shape index (κ1) is 20.2. The zero-order valence-electron chi connectivity index (χ0n) is 16.7. The van der Waals surface area contributed by atoms with Crippen molar-refractivity contribution in [2.75, 3.05) is 23.7 Å². The molecule has 2 aliphatic heterocycles. The monoisotopic (exact) mass is 448 g/mol. The average molecular weight is 448 g/mol. The summed E-state index contributed by atoms with van der Waals surface area (Å²) in [7, 11) is -3.01. The van der Waals surface area contributed by atoms with Crippen LogP contribution in [0.4, 0.5) is 14.6 Å². The predicted octanol–water partition coefficient (Wildman–Crippen LogP) is 2.92. The van der Waals surface area contributed by atoms with Crippen LogP contribution in [0.25, 0.3) is 17.0 Å². The van der Waals surface area contributed by atoms with Gasteiger partial charge in [0.1, 0.15) is 23.5 Å². The van der Waals surface area contributed by atoms with Crippen molar-refractivity contribution in [3.63, 3.8) is 0 Å². The van der Waals surface area contributed by atoms with Gasteiger partial charge in [0.05, 0.1) is 22.9 Å². The molecule has 0 aliphatic carbocycles. The van der Waals surface area contributed by atoms with E-state index in [-0.39, 0.29) is 22.6 Å². The number of anilines is 1. The molecule has 5 heterocycles. The molecule has 0 bridgehead atoms. The molecule has 0 spiro atoms. The second kappa shape index (κ2) is 7.77. The third-order valence-electron chi connectivity index (χ3n) is 6.21. The van der Waals surface area contributed by atoms with Crippen LogP contribution >= 0.6 is 0 Å². The van der Waals surface area contributed by atoms with E-state index in [1.54, 1.807) is 12.3 Å². The lowest BCUT2D eigenvalue weighted by Crippen LogP contribution is -2.42. The molecule has 31 heavy (non-hydrogen) atoms. The molecule has 0 amide bonds. The second-order valence-electron chi connectivity index (χ2n) is 8.13. The highest BCUT2D eigenvalue weighted by Gasteiger charge is 2.39. The van der Waals surface area contributed by atoms with Crippen molar-refractivity contribution in [1.29, 1.82) is 0 Å². The van der Waals surface area contributed by atoms with Gasteiger partial charge in [0, 0.05) is 19.2 Å². The first-order chi connectivity index (χ1) is 14.9. The van der Waals surface area contributed by atoms with Crippen LogP contribution in [-0.4, -0.2) is 57.1 Å². The van der Waals surface area contributed by atoms with Crippen LogP contribution in [0.1, 0.15) is 37.8 Å². The maximum absolute atomic E-state index is 13.1. The number of imidazole rings is 1. The fourth-order valence-corrected chi connectivity index (χ4v) is 6.91. The minimum absolute atomic E-state index is 0.0886. The molecule has 164 valence electrons. The van der Waals surface area contributed by atoms with E-state index in [0.29, 0.717) is 29.4 Å². The molecular formula is C20H22F2N6O2S. The van der Waals surface area contributed by atoms with Gasteiger partial charge in [-0.05, 0) is 43.7 Å². The van der Waals surface area contributed by atoms with Crippen molar-refractivity contribution in [3.8, 4) is 11.4 Å². The fourth-order valence-electron chi connectivity index (χ4n) is 4.71. The summed E-state index contributed by atoms with van der Waals surface area (Å²) in [6, 6.07) is 4.54. The SMILES string of the molecule is O=S1(=O)CCCC1C1CCCN(c2cc(-c3cnc4ccc(C(F)F)nn34)ncn2)C1. The lowest BCUT2D eigenvalue weighted by Gasteiger charge is -2.36. The first-order valence-electron chi connectivity index (χ1n) is 10.3. The summed E-state index contributed by atoms with van der Waals surface area (Å²) in [5.74, 6) is 1.06. The molecular weight excluding hydrogens is 426 g/mol. The number of aromatic nitrogens is 5. The maximum Gasteiger partial charge on any atom is 0.282 e. The predicted molar refractivity (Wildman–Crippen MR) is 111 cm³/mol. The number of alkyl halides is 2. The quantitative estimate of drug-likeness (QED) is 0.606. The van der Waals surface area contributed by atoms with Gasteiger partial charge in [-0.25, -0.2) is 36.7 Å². The maximum atomic E-state index is 13.1. The fraction of sp³-hybridized carbons (Fsp3) is 0.500. The van der Waals surface area contributed by atoms with Gasteiger partial charge in [-0.1, -0.05) is 0 Å². The summed E-state index contributed by atoms with van der Waals surface area (Å²) in [6.45, 7) is 1.40. The molecule has 11 heteroatoms. The van der Waals surface area contributed by atoms with Crippen molar-refractivity contribution in [1.82, 2.24) is 24.6 Å². The van der Waals surface area contributed by atoms with E-state index in [9.17, 15) is 17.2 Å². The van der Waals surface area contributed by atoms with Crippen LogP contribution < -0.4 is 4.90 Å². The molecule has 8 nitrogen and oxygen atoms in total. The van der Waals surface area contributed by atoms with Crippen LogP contribution in [0.15, 0.2) is 30.7 Å². The van der Waals surface area contributed by atoms with E-state index in [4.69, 9.17) is 0 Å². The van der Waals surface area contributed by atoms with Crippen LogP contribution in [0.5, 0.6) is 0 Å². The van der Waals surface area contributed by atoms with E-state index in [1.165, 1.54) is 23.0 Å². The van der Waals surface area contributed by atoms with Crippen molar-refractivity contribution in [3.05, 3.63) is 36.4 Å². The van der Waals surface area contributed by atoms with Crippen molar-refractivity contribution in [2.24, 2.45) is 5.92 Å². The first-order valence-corrected chi connectivity index (χ1v) is 12.1. The molecule has 3 aromatic rings. The Bertz CT molecular complexity index is 1220. The smallest absolute Gasteiger partial charge is 0.282 e. The zero-order chi connectivity index (χ0) is 21.6. The van der Waals surface area contributed by atoms with E-state index in [1.807, 2.05) is 0 Å². The summed E-state index contributed by atoms with van der Waals surface area (Å²) in [5, 5.41) is 3.73. The Hall–Kier alpha value is -2.69. The zero-order valence-corrected chi connectivity index (χ0v) is 17.5. The Kier molecular flexibility index (Phi) is 5.07. The normalized spacial score (nSPS) is 23.6. The third kappa shape index (κ3) is 3.75. The van der Waals surface area contributed by atoms with Crippen molar-refractivity contribution in [2.45, 2.75) is 37.4 Å². The molecule has 0 radical (unpaired) electrons. The number of piperidine rings is 1.